The van der Waals surface area contributed by atoms with E-state index in [2.05, 4.69) is 35.5 Å². The van der Waals surface area contributed by atoms with Gasteiger partial charge in [0.25, 0.3) is 11.8 Å². The van der Waals surface area contributed by atoms with Crippen LogP contribution in [0.4, 0.5) is 11.9 Å². The van der Waals surface area contributed by atoms with E-state index >= 15 is 0 Å². The molecular formula is C38H38N12O6. The van der Waals surface area contributed by atoms with Crippen molar-refractivity contribution in [3.8, 4) is 5.75 Å². The molecule has 1 saturated heterocycles. The molecule has 56 heavy (non-hydrogen) atoms. The zero-order valence-electron chi connectivity index (χ0n) is 30.1. The molecule has 5 aromatic heterocycles. The third-order valence-corrected chi connectivity index (χ3v) is 8.93. The summed E-state index contributed by atoms with van der Waals surface area (Å²) in [6.07, 6.45) is 8.72. The molecule has 18 heteroatoms. The van der Waals surface area contributed by atoms with Gasteiger partial charge in [0, 0.05) is 56.9 Å². The average Bonchev–Trinajstić information content (AvgIpc) is 3.74. The molecule has 0 atom stereocenters. The number of anilines is 2. The number of rotatable bonds is 15. The Morgan fingerprint density at radius 2 is 1.38 bits per heavy atom. The van der Waals surface area contributed by atoms with E-state index in [9.17, 15) is 19.2 Å². The number of aromatic nitrogens is 7. The number of carbonyl (C=O) groups is 4. The zero-order valence-corrected chi connectivity index (χ0v) is 30.1. The number of imidazole rings is 2. The summed E-state index contributed by atoms with van der Waals surface area (Å²) >= 11 is 0. The number of amides is 4. The van der Waals surface area contributed by atoms with Crippen LogP contribution in [0.5, 0.6) is 5.75 Å². The van der Waals surface area contributed by atoms with Crippen molar-refractivity contribution in [3.05, 3.63) is 108 Å². The summed E-state index contributed by atoms with van der Waals surface area (Å²) in [5, 5.41) is 5.64. The number of nitrogens with zero attached hydrogens (tertiary/aromatic N) is 8. The van der Waals surface area contributed by atoms with E-state index in [1.807, 2.05) is 12.2 Å². The number of benzene rings is 1. The van der Waals surface area contributed by atoms with Gasteiger partial charge in [0.05, 0.1) is 30.9 Å². The van der Waals surface area contributed by atoms with Crippen LogP contribution in [-0.4, -0.2) is 102 Å². The van der Waals surface area contributed by atoms with Crippen LogP contribution >= 0.6 is 0 Å². The van der Waals surface area contributed by atoms with Gasteiger partial charge in [0.1, 0.15) is 28.2 Å². The fraction of sp³-hybridized carbons (Fsp3) is 0.237. The largest absolute Gasteiger partial charge is 0.491 e. The Kier molecular flexibility index (Phi) is 11.3. The highest BCUT2D eigenvalue weighted by atomic mass is 16.5. The van der Waals surface area contributed by atoms with Crippen LogP contribution in [0.25, 0.3) is 22.2 Å². The third kappa shape index (κ3) is 8.51. The quantitative estimate of drug-likeness (QED) is 0.0873. The lowest BCUT2D eigenvalue weighted by Gasteiger charge is -2.26. The SMILES string of the molecule is NC(=O)c1cnc2c(c1)nc(NC(=O)c1ccccn1)n2CC=CCn1c(NC(=O)c2ccccn2)nc2cc(C(N)=O)cc(OCCCN3CCOCC3)c21. The van der Waals surface area contributed by atoms with Gasteiger partial charge in [0.15, 0.2) is 5.65 Å². The lowest BCUT2D eigenvalue weighted by molar-refractivity contribution is 0.0358. The van der Waals surface area contributed by atoms with Crippen molar-refractivity contribution in [2.45, 2.75) is 19.5 Å². The number of hydrogen-bond acceptors (Lipinski definition) is 12. The second kappa shape index (κ2) is 17.0. The van der Waals surface area contributed by atoms with E-state index in [1.54, 1.807) is 57.7 Å². The molecular weight excluding hydrogens is 720 g/mol. The Morgan fingerprint density at radius 1 is 0.768 bits per heavy atom. The van der Waals surface area contributed by atoms with Crippen molar-refractivity contribution >= 4 is 57.7 Å². The van der Waals surface area contributed by atoms with Crippen molar-refractivity contribution in [1.29, 1.82) is 0 Å². The van der Waals surface area contributed by atoms with E-state index in [-0.39, 0.29) is 47.5 Å². The molecule has 0 unspecified atom stereocenters. The maximum absolute atomic E-state index is 13.3. The van der Waals surface area contributed by atoms with Gasteiger partial charge < -0.3 is 25.5 Å². The van der Waals surface area contributed by atoms with E-state index < -0.39 is 23.6 Å². The Balaban J connectivity index is 1.20. The maximum atomic E-state index is 13.3. The van der Waals surface area contributed by atoms with Gasteiger partial charge in [-0.25, -0.2) is 15.0 Å². The summed E-state index contributed by atoms with van der Waals surface area (Å²) in [4.78, 5) is 74.9. The van der Waals surface area contributed by atoms with Crippen molar-refractivity contribution in [1.82, 2.24) is 39.0 Å². The molecule has 6 N–H and O–H groups in total. The first kappa shape index (κ1) is 37.3. The number of allylic oxidation sites excluding steroid dienone is 2. The third-order valence-electron chi connectivity index (χ3n) is 8.93. The Bertz CT molecular complexity index is 2420. The lowest BCUT2D eigenvalue weighted by atomic mass is 10.1. The van der Waals surface area contributed by atoms with Gasteiger partial charge in [-0.05, 0) is 48.9 Å². The number of pyridine rings is 3. The number of fused-ring (bicyclic) bond motifs is 2. The van der Waals surface area contributed by atoms with E-state index in [1.165, 1.54) is 24.7 Å². The molecule has 286 valence electrons. The average molecular weight is 759 g/mol. The fourth-order valence-corrected chi connectivity index (χ4v) is 6.15. The van der Waals surface area contributed by atoms with Gasteiger partial charge >= 0.3 is 0 Å². The van der Waals surface area contributed by atoms with Crippen molar-refractivity contribution < 1.29 is 28.7 Å². The molecule has 0 radical (unpaired) electrons. The molecule has 1 aliphatic rings. The smallest absolute Gasteiger partial charge is 0.276 e. The predicted molar refractivity (Wildman–Crippen MR) is 205 cm³/mol. The Morgan fingerprint density at radius 3 is 2.00 bits per heavy atom. The van der Waals surface area contributed by atoms with Crippen LogP contribution in [-0.2, 0) is 17.8 Å². The number of hydrogen-bond donors (Lipinski definition) is 4. The number of morpholine rings is 1. The molecule has 18 nitrogen and oxygen atoms in total. The molecule has 1 fully saturated rings. The minimum absolute atomic E-state index is 0.158. The molecule has 0 bridgehead atoms. The fourth-order valence-electron chi connectivity index (χ4n) is 6.15. The summed E-state index contributed by atoms with van der Waals surface area (Å²) in [6, 6.07) is 14.6. The molecule has 0 spiro atoms. The number of ether oxygens (including phenoxy) is 2. The van der Waals surface area contributed by atoms with Gasteiger partial charge in [0.2, 0.25) is 23.7 Å². The monoisotopic (exact) mass is 758 g/mol. The van der Waals surface area contributed by atoms with Gasteiger partial charge in [-0.1, -0.05) is 24.3 Å². The van der Waals surface area contributed by atoms with Gasteiger partial charge in [-0.15, -0.1) is 0 Å². The van der Waals surface area contributed by atoms with Crippen LogP contribution < -0.4 is 26.8 Å². The summed E-state index contributed by atoms with van der Waals surface area (Å²) in [5.74, 6) is -1.61. The van der Waals surface area contributed by atoms with Gasteiger partial charge in [-0.3, -0.25) is 49.2 Å². The first-order chi connectivity index (χ1) is 27.2. The minimum Gasteiger partial charge on any atom is -0.491 e. The number of nitrogens with one attached hydrogen (secondary N) is 2. The Labute approximate surface area is 319 Å². The first-order valence-corrected chi connectivity index (χ1v) is 17.8. The summed E-state index contributed by atoms with van der Waals surface area (Å²) in [6.45, 7) is 4.57. The highest BCUT2D eigenvalue weighted by Gasteiger charge is 2.21. The minimum atomic E-state index is -0.671. The van der Waals surface area contributed by atoms with Crippen LogP contribution in [0.15, 0.2) is 85.3 Å². The summed E-state index contributed by atoms with van der Waals surface area (Å²) in [5.41, 5.74) is 13.5. The predicted octanol–water partition coefficient (Wildman–Crippen LogP) is 2.63. The van der Waals surface area contributed by atoms with E-state index in [0.29, 0.717) is 54.2 Å². The summed E-state index contributed by atoms with van der Waals surface area (Å²) in [7, 11) is 0. The van der Waals surface area contributed by atoms with E-state index in [4.69, 9.17) is 25.9 Å². The summed E-state index contributed by atoms with van der Waals surface area (Å²) < 4.78 is 15.2. The van der Waals surface area contributed by atoms with E-state index in [0.717, 1.165) is 19.6 Å². The molecule has 4 amide bonds. The van der Waals surface area contributed by atoms with Crippen molar-refractivity contribution in [3.63, 3.8) is 0 Å². The molecule has 0 aliphatic carbocycles. The lowest BCUT2D eigenvalue weighted by Crippen LogP contribution is -2.37. The topological polar surface area (TPSA) is 240 Å². The molecule has 7 rings (SSSR count). The van der Waals surface area contributed by atoms with Crippen molar-refractivity contribution in [2.75, 3.05) is 50.1 Å². The van der Waals surface area contributed by atoms with Crippen molar-refractivity contribution in [2.24, 2.45) is 11.5 Å². The van der Waals surface area contributed by atoms with Crippen LogP contribution in [0.3, 0.4) is 0 Å². The van der Waals surface area contributed by atoms with Crippen LogP contribution in [0, 0.1) is 0 Å². The highest BCUT2D eigenvalue weighted by Crippen LogP contribution is 2.31. The number of carbonyl (C=O) groups excluding carboxylic acids is 4. The molecule has 6 aromatic rings. The van der Waals surface area contributed by atoms with Crippen LogP contribution in [0.1, 0.15) is 48.1 Å². The molecule has 1 aromatic carbocycles. The second-order valence-corrected chi connectivity index (χ2v) is 12.7. The van der Waals surface area contributed by atoms with Gasteiger partial charge in [-0.2, -0.15) is 0 Å². The molecule has 0 saturated carbocycles. The Hall–Kier alpha value is -7.05. The van der Waals surface area contributed by atoms with Crippen LogP contribution in [0.2, 0.25) is 0 Å². The molecule has 6 heterocycles. The number of nitrogens with two attached hydrogens (primary N) is 2. The second-order valence-electron chi connectivity index (χ2n) is 12.7. The zero-order chi connectivity index (χ0) is 39.0. The highest BCUT2D eigenvalue weighted by molar-refractivity contribution is 6.04. The normalized spacial score (nSPS) is 13.3. The first-order valence-electron chi connectivity index (χ1n) is 17.8. The molecule has 1 aliphatic heterocycles. The maximum Gasteiger partial charge on any atom is 0.276 e. The standard InChI is InChI=1S/C38H38N12O6/c39-32(51)24-20-28-31(30(22-24)56-17-7-12-48-15-18-55-19-16-48)49(37(44-28)46-35(53)26-8-1-3-10-41-26)13-5-6-14-50-34-29(21-25(23-43-34)33(40)52)45-38(50)47-36(54)27-9-2-4-11-42-27/h1-6,8-11,20-23H,7,12-19H2,(H2,39,51)(H2,40,52)(H,44,46,53)(H,45,47,54). The number of primary amides is 2.